The van der Waals surface area contributed by atoms with E-state index in [0.717, 1.165) is 5.08 Å². The molecular formula is C29H20S2. The highest BCUT2D eigenvalue weighted by atomic mass is 32.2. The van der Waals surface area contributed by atoms with Gasteiger partial charge in [-0.2, -0.15) is 0 Å². The second-order valence-electron chi connectivity index (χ2n) is 9.07. The summed E-state index contributed by atoms with van der Waals surface area (Å²) in [6.07, 6.45) is 0. The van der Waals surface area contributed by atoms with E-state index in [4.69, 9.17) is 0 Å². The third-order valence-electron chi connectivity index (χ3n) is 8.08. The first-order valence-corrected chi connectivity index (χ1v) is 13.0. The smallest absolute Gasteiger partial charge is 0.0900 e. The summed E-state index contributed by atoms with van der Waals surface area (Å²) in [6.45, 7) is 0. The van der Waals surface area contributed by atoms with E-state index < -0.39 is 0 Å². The van der Waals surface area contributed by atoms with Crippen LogP contribution in [0.2, 0.25) is 0 Å². The zero-order chi connectivity index (χ0) is 20.2. The second kappa shape index (κ2) is 5.68. The molecule has 11 rings (SSSR count). The van der Waals surface area contributed by atoms with Gasteiger partial charge in [0.05, 0.1) is 9.49 Å². The Morgan fingerprint density at radius 2 is 0.742 bits per heavy atom. The van der Waals surface area contributed by atoms with Gasteiger partial charge in [-0.25, -0.2) is 0 Å². The van der Waals surface area contributed by atoms with Gasteiger partial charge in [-0.3, -0.25) is 0 Å². The molecular weight excluding hydrogens is 412 g/mol. The lowest BCUT2D eigenvalue weighted by molar-refractivity contribution is 0.477. The molecule has 0 amide bonds. The number of thioether (sulfide) groups is 2. The van der Waals surface area contributed by atoms with Crippen LogP contribution >= 0.6 is 23.5 Å². The first kappa shape index (κ1) is 17.2. The van der Waals surface area contributed by atoms with Crippen molar-refractivity contribution in [3.05, 3.63) is 142 Å². The number of rotatable bonds is 0. The largest absolute Gasteiger partial charge is 0.132 e. The molecule has 0 saturated carbocycles. The first-order chi connectivity index (χ1) is 15.4. The summed E-state index contributed by atoms with van der Waals surface area (Å²) in [5, 5.41) is 1.10. The Labute approximate surface area is 191 Å². The number of hydrogen-bond acceptors (Lipinski definition) is 2. The Hall–Kier alpha value is -2.42. The van der Waals surface area contributed by atoms with E-state index in [1.165, 1.54) is 22.3 Å². The van der Waals surface area contributed by atoms with Gasteiger partial charge in [-0.1, -0.05) is 97.1 Å². The lowest BCUT2D eigenvalue weighted by atomic mass is 9.52. The quantitative estimate of drug-likeness (QED) is 0.288. The summed E-state index contributed by atoms with van der Waals surface area (Å²) in [4.78, 5) is 0. The maximum Gasteiger partial charge on any atom is 0.0900 e. The van der Waals surface area contributed by atoms with Crippen LogP contribution in [0.4, 0.5) is 0 Å². The lowest BCUT2D eigenvalue weighted by Gasteiger charge is -2.58. The SMILES string of the molecule is c1ccc2c(c1)C1c3ccccc3C23SCSC32c3ccccc3C1c1ccccc12. The molecule has 1 heterocycles. The van der Waals surface area contributed by atoms with Crippen molar-refractivity contribution in [2.75, 3.05) is 5.08 Å². The molecule has 1 fully saturated rings. The molecule has 1 saturated heterocycles. The van der Waals surface area contributed by atoms with E-state index in [9.17, 15) is 0 Å². The zero-order valence-electron chi connectivity index (χ0n) is 16.9. The standard InChI is InChI=1S/C29H20S2/c1-5-13-22-18(9-1)26-19-10-2-6-14-23(19)28(22)29(31-17-30-28)24-15-7-3-11-20(24)27(26)21-12-4-8-16-25(21)29/h1-16,26-27H,17H2. The van der Waals surface area contributed by atoms with Crippen LogP contribution in [0.1, 0.15) is 56.3 Å². The molecule has 0 N–H and O–H groups in total. The van der Waals surface area contributed by atoms with Crippen LogP contribution in [0.5, 0.6) is 0 Å². The maximum atomic E-state index is 2.44. The van der Waals surface area contributed by atoms with Gasteiger partial charge in [-0.15, -0.1) is 23.5 Å². The highest BCUT2D eigenvalue weighted by Gasteiger charge is 2.68. The number of benzene rings is 4. The van der Waals surface area contributed by atoms with Crippen LogP contribution in [0.15, 0.2) is 97.1 Å². The Balaban J connectivity index is 1.68. The van der Waals surface area contributed by atoms with Crippen LogP contribution in [-0.4, -0.2) is 5.08 Å². The monoisotopic (exact) mass is 432 g/mol. The Kier molecular flexibility index (Phi) is 3.15. The average molecular weight is 433 g/mol. The molecule has 4 aromatic carbocycles. The molecule has 2 heteroatoms. The molecule has 4 bridgehead atoms. The van der Waals surface area contributed by atoms with Crippen LogP contribution in [0.25, 0.3) is 0 Å². The van der Waals surface area contributed by atoms with Gasteiger partial charge < -0.3 is 0 Å². The van der Waals surface area contributed by atoms with Crippen LogP contribution in [0, 0.1) is 0 Å². The van der Waals surface area contributed by atoms with E-state index in [0.29, 0.717) is 11.8 Å². The average Bonchev–Trinajstić information content (AvgIpc) is 3.20. The number of hydrogen-bond donors (Lipinski definition) is 0. The molecule has 0 unspecified atom stereocenters. The molecule has 4 aromatic rings. The Bertz CT molecular complexity index is 1200. The van der Waals surface area contributed by atoms with Crippen molar-refractivity contribution in [2.45, 2.75) is 21.3 Å². The van der Waals surface area contributed by atoms with Crippen molar-refractivity contribution in [2.24, 2.45) is 0 Å². The fourth-order valence-corrected chi connectivity index (χ4v) is 11.4. The van der Waals surface area contributed by atoms with Gasteiger partial charge in [0.2, 0.25) is 0 Å². The summed E-state index contributed by atoms with van der Waals surface area (Å²) in [5.41, 5.74) is 12.3. The predicted molar refractivity (Wildman–Crippen MR) is 131 cm³/mol. The normalized spacial score (nSPS) is 30.5. The van der Waals surface area contributed by atoms with Crippen molar-refractivity contribution in [1.82, 2.24) is 0 Å². The molecule has 148 valence electrons. The fourth-order valence-electron chi connectivity index (χ4n) is 7.18. The Morgan fingerprint density at radius 1 is 0.452 bits per heavy atom. The van der Waals surface area contributed by atoms with Crippen molar-refractivity contribution in [3.8, 4) is 0 Å². The molecule has 0 nitrogen and oxygen atoms in total. The molecule has 6 aliphatic carbocycles. The van der Waals surface area contributed by atoms with Crippen LogP contribution in [-0.2, 0) is 9.49 Å². The third kappa shape index (κ3) is 1.72. The van der Waals surface area contributed by atoms with E-state index in [1.807, 2.05) is 0 Å². The minimum atomic E-state index is -0.112. The fraction of sp³-hybridized carbons (Fsp3) is 0.172. The summed E-state index contributed by atoms with van der Waals surface area (Å²) < 4.78 is -0.224. The second-order valence-corrected chi connectivity index (χ2v) is 11.8. The van der Waals surface area contributed by atoms with Gasteiger partial charge in [0.1, 0.15) is 0 Å². The van der Waals surface area contributed by atoms with Gasteiger partial charge in [-0.05, 0) is 44.5 Å². The van der Waals surface area contributed by atoms with Crippen LogP contribution < -0.4 is 0 Å². The van der Waals surface area contributed by atoms with E-state index >= 15 is 0 Å². The molecule has 0 radical (unpaired) electrons. The Morgan fingerprint density at radius 3 is 1.06 bits per heavy atom. The summed E-state index contributed by atoms with van der Waals surface area (Å²) in [6, 6.07) is 37.5. The molecule has 0 aromatic heterocycles. The topological polar surface area (TPSA) is 0 Å². The van der Waals surface area contributed by atoms with Gasteiger partial charge >= 0.3 is 0 Å². The molecule has 7 aliphatic rings. The zero-order valence-corrected chi connectivity index (χ0v) is 18.5. The minimum absolute atomic E-state index is 0.112. The summed E-state index contributed by atoms with van der Waals surface area (Å²) in [5.74, 6) is 0.703. The molecule has 1 aliphatic heterocycles. The van der Waals surface area contributed by atoms with Gasteiger partial charge in [0.25, 0.3) is 0 Å². The van der Waals surface area contributed by atoms with E-state index in [2.05, 4.69) is 121 Å². The summed E-state index contributed by atoms with van der Waals surface area (Å²) in [7, 11) is 0. The van der Waals surface area contributed by atoms with Gasteiger partial charge in [0, 0.05) is 16.9 Å². The summed E-state index contributed by atoms with van der Waals surface area (Å²) >= 11 is 4.32. The van der Waals surface area contributed by atoms with Crippen molar-refractivity contribution in [3.63, 3.8) is 0 Å². The molecule has 2 spiro atoms. The van der Waals surface area contributed by atoms with Crippen LogP contribution in [0.3, 0.4) is 0 Å². The van der Waals surface area contributed by atoms with E-state index in [1.54, 1.807) is 22.3 Å². The third-order valence-corrected chi connectivity index (χ3v) is 11.5. The van der Waals surface area contributed by atoms with Crippen molar-refractivity contribution >= 4 is 23.5 Å². The predicted octanol–water partition coefficient (Wildman–Crippen LogP) is 7.22. The highest BCUT2D eigenvalue weighted by Crippen LogP contribution is 2.78. The lowest BCUT2D eigenvalue weighted by Crippen LogP contribution is -2.52. The maximum absolute atomic E-state index is 2.44. The van der Waals surface area contributed by atoms with Crippen molar-refractivity contribution in [1.29, 1.82) is 0 Å². The van der Waals surface area contributed by atoms with E-state index in [-0.39, 0.29) is 9.49 Å². The minimum Gasteiger partial charge on any atom is -0.132 e. The molecule has 0 atom stereocenters. The first-order valence-electron chi connectivity index (χ1n) is 11.0. The van der Waals surface area contributed by atoms with Gasteiger partial charge in [0.15, 0.2) is 0 Å². The molecule has 31 heavy (non-hydrogen) atoms. The highest BCUT2D eigenvalue weighted by molar-refractivity contribution is 8.20. The van der Waals surface area contributed by atoms with Crippen molar-refractivity contribution < 1.29 is 0 Å².